The van der Waals surface area contributed by atoms with Crippen molar-refractivity contribution in [2.24, 2.45) is 10.9 Å². The van der Waals surface area contributed by atoms with Crippen molar-refractivity contribution >= 4 is 29.4 Å². The number of nitrogens with two attached hydrogens (primary N) is 1. The number of para-hydroxylation sites is 1. The van der Waals surface area contributed by atoms with Gasteiger partial charge < -0.3 is 29.5 Å². The molecule has 11 heteroatoms. The molecule has 2 N–H and O–H groups in total. The van der Waals surface area contributed by atoms with Crippen molar-refractivity contribution in [2.75, 3.05) is 43.2 Å². The molecule has 1 aliphatic heterocycles. The second-order valence-corrected chi connectivity index (χ2v) is 6.59. The van der Waals surface area contributed by atoms with Gasteiger partial charge in [-0.15, -0.1) is 0 Å². The largest absolute Gasteiger partial charge is 0.457 e. The van der Waals surface area contributed by atoms with E-state index in [1.165, 1.54) is 12.3 Å². The Hall–Kier alpha value is -3.99. The molecule has 0 bridgehead atoms. The van der Waals surface area contributed by atoms with Crippen molar-refractivity contribution in [3.05, 3.63) is 60.3 Å². The summed E-state index contributed by atoms with van der Waals surface area (Å²) in [7, 11) is 1.84. The van der Waals surface area contributed by atoms with Gasteiger partial charge >= 0.3 is 5.97 Å². The van der Waals surface area contributed by atoms with Gasteiger partial charge in [0.05, 0.1) is 19.5 Å². The number of ether oxygens (including phenoxy) is 1. The molecule has 1 aliphatic rings. The summed E-state index contributed by atoms with van der Waals surface area (Å²) >= 11 is 0. The first-order chi connectivity index (χ1) is 15.1. The molecule has 0 aliphatic carbocycles. The zero-order valence-electron chi connectivity index (χ0n) is 16.8. The molecule has 3 heterocycles. The first-order valence-corrected chi connectivity index (χ1v) is 9.58. The predicted molar refractivity (Wildman–Crippen MR) is 112 cm³/mol. The molecule has 0 radical (unpaired) electrons. The Bertz CT molecular complexity index is 1050. The van der Waals surface area contributed by atoms with Gasteiger partial charge in [0.1, 0.15) is 0 Å². The lowest BCUT2D eigenvalue weighted by Crippen LogP contribution is -2.38. The zero-order valence-corrected chi connectivity index (χ0v) is 16.8. The van der Waals surface area contributed by atoms with Crippen LogP contribution in [0.25, 0.3) is 0 Å². The molecule has 0 spiro atoms. The summed E-state index contributed by atoms with van der Waals surface area (Å²) in [6.07, 6.45) is 1.36. The highest BCUT2D eigenvalue weighted by Crippen LogP contribution is 2.22. The zero-order chi connectivity index (χ0) is 21.6. The van der Waals surface area contributed by atoms with E-state index in [1.54, 1.807) is 11.0 Å². The number of anilines is 3. The molecule has 0 atom stereocenters. The summed E-state index contributed by atoms with van der Waals surface area (Å²) in [5, 5.41) is 3.68. The Kier molecular flexibility index (Phi) is 6.03. The minimum Gasteiger partial charge on any atom is -0.457 e. The molecule has 11 nitrogen and oxygen atoms in total. The third kappa shape index (κ3) is 4.78. The third-order valence-electron chi connectivity index (χ3n) is 4.53. The third-order valence-corrected chi connectivity index (χ3v) is 4.53. The molecule has 1 fully saturated rings. The fourth-order valence-corrected chi connectivity index (χ4v) is 2.86. The number of carbonyl (C=O) groups is 1. The molecule has 1 saturated heterocycles. The quantitative estimate of drug-likeness (QED) is 0.269. The van der Waals surface area contributed by atoms with Gasteiger partial charge in [0.2, 0.25) is 29.3 Å². The molecule has 0 unspecified atom stereocenters. The Labute approximate surface area is 178 Å². The standard InChI is InChI=1S/C20H21N7O4/c1-26(14-6-3-2-4-7-14)19-22-17(23-20(24-19)27-9-12-29-13-10-27)16(21)25-31-18(28)15-8-5-11-30-15/h2-8,11H,9-10,12-13H2,1H3,(H2,21,25). The number of aromatic nitrogens is 3. The van der Waals surface area contributed by atoms with Gasteiger partial charge in [-0.3, -0.25) is 0 Å². The van der Waals surface area contributed by atoms with Gasteiger partial charge in [-0.05, 0) is 24.3 Å². The van der Waals surface area contributed by atoms with Crippen LogP contribution in [-0.2, 0) is 9.57 Å². The van der Waals surface area contributed by atoms with Gasteiger partial charge in [0, 0.05) is 25.8 Å². The number of carbonyl (C=O) groups excluding carboxylic acids is 1. The van der Waals surface area contributed by atoms with E-state index in [9.17, 15) is 4.79 Å². The fourth-order valence-electron chi connectivity index (χ4n) is 2.86. The number of rotatable bonds is 6. The van der Waals surface area contributed by atoms with Crippen molar-refractivity contribution < 1.29 is 18.8 Å². The van der Waals surface area contributed by atoms with Gasteiger partial charge in [0.15, 0.2) is 0 Å². The van der Waals surface area contributed by atoms with Crippen LogP contribution in [0.4, 0.5) is 17.6 Å². The molecular weight excluding hydrogens is 402 g/mol. The van der Waals surface area contributed by atoms with Crippen molar-refractivity contribution in [3.63, 3.8) is 0 Å². The molecular formula is C20H21N7O4. The Balaban J connectivity index is 1.65. The highest BCUT2D eigenvalue weighted by molar-refractivity contribution is 5.95. The second-order valence-electron chi connectivity index (χ2n) is 6.59. The fraction of sp³-hybridized carbons (Fsp3) is 0.250. The van der Waals surface area contributed by atoms with Crippen LogP contribution < -0.4 is 15.5 Å². The topological polar surface area (TPSA) is 132 Å². The van der Waals surface area contributed by atoms with Crippen LogP contribution in [0.3, 0.4) is 0 Å². The summed E-state index contributed by atoms with van der Waals surface area (Å²) in [5.41, 5.74) is 6.91. The maximum atomic E-state index is 12.0. The Morgan fingerprint density at radius 2 is 1.90 bits per heavy atom. The number of hydrogen-bond donors (Lipinski definition) is 1. The van der Waals surface area contributed by atoms with E-state index in [4.69, 9.17) is 19.7 Å². The van der Waals surface area contributed by atoms with Crippen molar-refractivity contribution in [1.29, 1.82) is 0 Å². The van der Waals surface area contributed by atoms with Crippen LogP contribution in [-0.4, -0.2) is 60.1 Å². The predicted octanol–water partition coefficient (Wildman–Crippen LogP) is 1.55. The molecule has 0 saturated carbocycles. The van der Waals surface area contributed by atoms with E-state index in [-0.39, 0.29) is 17.4 Å². The molecule has 1 aromatic carbocycles. The van der Waals surface area contributed by atoms with Crippen molar-refractivity contribution in [3.8, 4) is 0 Å². The van der Waals surface area contributed by atoms with Crippen molar-refractivity contribution in [1.82, 2.24) is 15.0 Å². The summed E-state index contributed by atoms with van der Waals surface area (Å²) < 4.78 is 10.4. The first kappa shape index (κ1) is 20.3. The lowest BCUT2D eigenvalue weighted by atomic mass is 10.3. The van der Waals surface area contributed by atoms with Gasteiger partial charge in [0.25, 0.3) is 0 Å². The summed E-state index contributed by atoms with van der Waals surface area (Å²) in [5.74, 6) is -0.0569. The van der Waals surface area contributed by atoms with E-state index in [0.29, 0.717) is 38.2 Å². The number of nitrogens with zero attached hydrogens (tertiary/aromatic N) is 6. The normalized spacial score (nSPS) is 14.4. The number of benzene rings is 1. The molecule has 160 valence electrons. The number of furan rings is 1. The SMILES string of the molecule is CN(c1ccccc1)c1nc(/C(N)=N/OC(=O)c2ccco2)nc(N2CCOCC2)n1. The Morgan fingerprint density at radius 3 is 2.61 bits per heavy atom. The highest BCUT2D eigenvalue weighted by atomic mass is 16.7. The van der Waals surface area contributed by atoms with Crippen LogP contribution in [0, 0.1) is 0 Å². The molecule has 4 rings (SSSR count). The summed E-state index contributed by atoms with van der Waals surface area (Å²) in [6.45, 7) is 2.38. The number of oxime groups is 1. The van der Waals surface area contributed by atoms with E-state index in [2.05, 4.69) is 20.1 Å². The smallest absolute Gasteiger partial charge is 0.400 e. The van der Waals surface area contributed by atoms with Crippen LogP contribution in [0.15, 0.2) is 58.3 Å². The average Bonchev–Trinajstić information content (AvgIpc) is 3.38. The number of morpholine rings is 1. The second kappa shape index (κ2) is 9.22. The Morgan fingerprint density at radius 1 is 1.13 bits per heavy atom. The molecule has 31 heavy (non-hydrogen) atoms. The van der Waals surface area contributed by atoms with E-state index < -0.39 is 5.97 Å². The molecule has 3 aromatic rings. The van der Waals surface area contributed by atoms with Crippen molar-refractivity contribution in [2.45, 2.75) is 0 Å². The van der Waals surface area contributed by atoms with Gasteiger partial charge in [-0.25, -0.2) is 4.79 Å². The maximum Gasteiger partial charge on any atom is 0.400 e. The highest BCUT2D eigenvalue weighted by Gasteiger charge is 2.20. The van der Waals surface area contributed by atoms with Gasteiger partial charge in [-0.1, -0.05) is 23.4 Å². The maximum absolute atomic E-state index is 12.0. The monoisotopic (exact) mass is 423 g/mol. The lowest BCUT2D eigenvalue weighted by molar-refractivity contribution is 0.0479. The minimum absolute atomic E-state index is 0.00528. The summed E-state index contributed by atoms with van der Waals surface area (Å²) in [6, 6.07) is 12.6. The number of amidine groups is 1. The molecule has 2 aromatic heterocycles. The average molecular weight is 423 g/mol. The molecule has 0 amide bonds. The van der Waals surface area contributed by atoms with Crippen LogP contribution in [0.5, 0.6) is 0 Å². The lowest BCUT2D eigenvalue weighted by Gasteiger charge is -2.28. The van der Waals surface area contributed by atoms with E-state index >= 15 is 0 Å². The first-order valence-electron chi connectivity index (χ1n) is 9.58. The summed E-state index contributed by atoms with van der Waals surface area (Å²) in [4.78, 5) is 34.0. The van der Waals surface area contributed by atoms with E-state index in [1.807, 2.05) is 42.3 Å². The van der Waals surface area contributed by atoms with Gasteiger partial charge in [-0.2, -0.15) is 15.0 Å². The minimum atomic E-state index is -0.781. The van der Waals surface area contributed by atoms with Crippen LogP contribution >= 0.6 is 0 Å². The number of hydrogen-bond acceptors (Lipinski definition) is 10. The van der Waals surface area contributed by atoms with E-state index in [0.717, 1.165) is 5.69 Å². The van der Waals surface area contributed by atoms with Crippen LogP contribution in [0.2, 0.25) is 0 Å². The van der Waals surface area contributed by atoms with Crippen LogP contribution in [0.1, 0.15) is 16.4 Å².